The Hall–Kier alpha value is -1.38. The molecule has 0 saturated heterocycles. The van der Waals surface area contributed by atoms with Crippen molar-refractivity contribution in [2.75, 3.05) is 0 Å². The van der Waals surface area contributed by atoms with Crippen molar-refractivity contribution in [2.24, 2.45) is 5.10 Å². The van der Waals surface area contributed by atoms with Crippen molar-refractivity contribution in [3.8, 4) is 0 Å². The molecule has 17 heavy (non-hydrogen) atoms. The number of nitrogens with zero attached hydrogens (tertiary/aromatic N) is 2. The molecule has 0 radical (unpaired) electrons. The number of allylic oxidation sites excluding steroid dienone is 1. The van der Waals surface area contributed by atoms with E-state index in [2.05, 4.69) is 10.1 Å². The number of carbonyl (C=O) groups is 1. The van der Waals surface area contributed by atoms with Gasteiger partial charge in [-0.2, -0.15) is 5.43 Å². The van der Waals surface area contributed by atoms with Gasteiger partial charge in [0, 0.05) is 0 Å². The van der Waals surface area contributed by atoms with Gasteiger partial charge in [0.1, 0.15) is 20.6 Å². The van der Waals surface area contributed by atoms with E-state index in [-0.39, 0.29) is 20.6 Å². The summed E-state index contributed by atoms with van der Waals surface area (Å²) in [6.07, 6.45) is -1.53. The van der Waals surface area contributed by atoms with Crippen molar-refractivity contribution in [3.63, 3.8) is 0 Å². The van der Waals surface area contributed by atoms with Gasteiger partial charge < -0.3 is 5.11 Å². The first-order valence-electron chi connectivity index (χ1n) is 4.29. The largest absolute Gasteiger partial charge is 0.474 e. The van der Waals surface area contributed by atoms with Crippen LogP contribution in [0.4, 0.5) is 8.78 Å². The van der Waals surface area contributed by atoms with Crippen LogP contribution in [0.2, 0.25) is 4.34 Å². The number of halogens is 3. The van der Waals surface area contributed by atoms with E-state index in [9.17, 15) is 13.6 Å². The molecule has 0 aliphatic carbocycles. The van der Waals surface area contributed by atoms with Gasteiger partial charge in [-0.3, -0.25) is 0 Å². The molecule has 1 aromatic heterocycles. The summed E-state index contributed by atoms with van der Waals surface area (Å²) in [6, 6.07) is 0. The number of aliphatic carboxylic acids is 1. The Bertz CT molecular complexity index is 541. The van der Waals surface area contributed by atoms with Gasteiger partial charge in [-0.25, -0.2) is 18.6 Å². The van der Waals surface area contributed by atoms with Gasteiger partial charge in [0.05, 0.1) is 6.21 Å². The first-order chi connectivity index (χ1) is 8.00. The third-order valence-corrected chi connectivity index (χ3v) is 3.29. The van der Waals surface area contributed by atoms with Crippen molar-refractivity contribution in [2.45, 2.75) is 6.43 Å². The minimum atomic E-state index is -2.79. The zero-order valence-electron chi connectivity index (χ0n) is 8.02. The van der Waals surface area contributed by atoms with Crippen LogP contribution in [-0.2, 0) is 4.79 Å². The SMILES string of the molecule is O=C(O)C1=C(c2nc(C(F)F)c(Cl)s2)C=N[NH2+]1. The van der Waals surface area contributed by atoms with Gasteiger partial charge in [-0.15, -0.1) is 11.3 Å². The van der Waals surface area contributed by atoms with Crippen LogP contribution in [-0.4, -0.2) is 22.3 Å². The van der Waals surface area contributed by atoms with E-state index in [4.69, 9.17) is 16.7 Å². The Labute approximate surface area is 102 Å². The van der Waals surface area contributed by atoms with Gasteiger partial charge in [-0.05, 0) is 0 Å². The van der Waals surface area contributed by atoms with Gasteiger partial charge >= 0.3 is 5.97 Å². The monoisotopic (exact) mass is 280 g/mol. The van der Waals surface area contributed by atoms with E-state index in [0.29, 0.717) is 0 Å². The lowest BCUT2D eigenvalue weighted by molar-refractivity contribution is -0.603. The van der Waals surface area contributed by atoms with Gasteiger partial charge in [0.15, 0.2) is 0 Å². The summed E-state index contributed by atoms with van der Waals surface area (Å²) in [6.45, 7) is 0. The molecule has 2 rings (SSSR count). The molecule has 0 aromatic carbocycles. The van der Waals surface area contributed by atoms with Crippen LogP contribution < -0.4 is 5.43 Å². The second kappa shape index (κ2) is 4.47. The second-order valence-corrected chi connectivity index (χ2v) is 4.62. The van der Waals surface area contributed by atoms with Crippen LogP contribution >= 0.6 is 22.9 Å². The van der Waals surface area contributed by atoms with E-state index in [1.54, 1.807) is 0 Å². The van der Waals surface area contributed by atoms with Crippen molar-refractivity contribution in [1.82, 2.24) is 4.98 Å². The number of carboxylic acids is 1. The van der Waals surface area contributed by atoms with Gasteiger partial charge in [0.25, 0.3) is 12.1 Å². The fourth-order valence-corrected chi connectivity index (χ4v) is 2.40. The highest BCUT2D eigenvalue weighted by molar-refractivity contribution is 7.17. The number of nitrogens with two attached hydrogens (primary N) is 1. The van der Waals surface area contributed by atoms with Crippen molar-refractivity contribution >= 4 is 40.7 Å². The van der Waals surface area contributed by atoms with E-state index in [1.165, 1.54) is 6.21 Å². The second-order valence-electron chi connectivity index (χ2n) is 3.02. The summed E-state index contributed by atoms with van der Waals surface area (Å²) >= 11 is 6.40. The molecule has 0 fully saturated rings. The number of hydrogen-bond donors (Lipinski definition) is 2. The lowest BCUT2D eigenvalue weighted by atomic mass is 10.2. The zero-order valence-corrected chi connectivity index (χ0v) is 9.60. The molecule has 1 aromatic rings. The third-order valence-electron chi connectivity index (χ3n) is 1.97. The summed E-state index contributed by atoms with van der Waals surface area (Å²) in [5.74, 6) is -1.19. The van der Waals surface area contributed by atoms with Gasteiger partial charge in [0.2, 0.25) is 0 Å². The van der Waals surface area contributed by atoms with E-state index >= 15 is 0 Å². The molecule has 0 atom stereocenters. The lowest BCUT2D eigenvalue weighted by Crippen LogP contribution is -2.75. The van der Waals surface area contributed by atoms with Crippen LogP contribution in [0.5, 0.6) is 0 Å². The fourth-order valence-electron chi connectivity index (χ4n) is 1.23. The Balaban J connectivity index is 2.47. The van der Waals surface area contributed by atoms with Crippen LogP contribution in [0.1, 0.15) is 17.1 Å². The minimum absolute atomic E-state index is 0.0868. The standard InChI is InChI=1S/C8H4ClF2N3O2S/c9-5-4(6(10)11)13-7(17-5)2-1-12-14-3(2)8(15)16/h1,6H,(H,12,14)(H,15,16)/p+1. The first kappa shape index (κ1) is 12.1. The minimum Gasteiger partial charge on any atom is -0.474 e. The van der Waals surface area contributed by atoms with E-state index < -0.39 is 18.1 Å². The molecule has 1 aliphatic rings. The maximum Gasteiger partial charge on any atom is 0.393 e. The molecule has 1 aliphatic heterocycles. The number of aromatic nitrogens is 1. The summed E-state index contributed by atoms with van der Waals surface area (Å²) in [5.41, 5.74) is 0.700. The molecule has 0 saturated carbocycles. The Morgan fingerprint density at radius 1 is 1.59 bits per heavy atom. The molecule has 3 N–H and O–H groups in total. The summed E-state index contributed by atoms with van der Waals surface area (Å²) in [5, 5.41) is 12.6. The maximum absolute atomic E-state index is 12.5. The van der Waals surface area contributed by atoms with Crippen LogP contribution in [0.15, 0.2) is 10.8 Å². The van der Waals surface area contributed by atoms with Gasteiger partial charge in [-0.1, -0.05) is 16.7 Å². The molecule has 0 amide bonds. The predicted molar refractivity (Wildman–Crippen MR) is 57.1 cm³/mol. The molecule has 2 heterocycles. The van der Waals surface area contributed by atoms with E-state index in [0.717, 1.165) is 16.8 Å². The number of thiazole rings is 1. The van der Waals surface area contributed by atoms with Crippen molar-refractivity contribution in [3.05, 3.63) is 20.7 Å². The Morgan fingerprint density at radius 2 is 2.29 bits per heavy atom. The number of quaternary nitrogens is 1. The van der Waals surface area contributed by atoms with E-state index in [1.807, 2.05) is 0 Å². The summed E-state index contributed by atoms with van der Waals surface area (Å²) < 4.78 is 24.8. The van der Waals surface area contributed by atoms with Crippen LogP contribution in [0.25, 0.3) is 5.57 Å². The molecule has 5 nitrogen and oxygen atoms in total. The van der Waals surface area contributed by atoms with Crippen LogP contribution in [0, 0.1) is 0 Å². The third kappa shape index (κ3) is 2.19. The molecular formula is C8H5ClF2N3O2S+. The highest BCUT2D eigenvalue weighted by Crippen LogP contribution is 2.34. The quantitative estimate of drug-likeness (QED) is 0.814. The number of alkyl halides is 2. The Kier molecular flexibility index (Phi) is 3.18. The summed E-state index contributed by atoms with van der Waals surface area (Å²) in [4.78, 5) is 14.5. The normalized spacial score (nSPS) is 15.1. The average molecular weight is 281 g/mol. The molecule has 9 heteroatoms. The highest BCUT2D eigenvalue weighted by atomic mass is 35.5. The molecule has 0 spiro atoms. The first-order valence-corrected chi connectivity index (χ1v) is 5.49. The predicted octanol–water partition coefficient (Wildman–Crippen LogP) is 1.09. The number of carboxylic acid groups (broad SMARTS) is 1. The smallest absolute Gasteiger partial charge is 0.393 e. The van der Waals surface area contributed by atoms with Crippen molar-refractivity contribution < 1.29 is 24.1 Å². The molecule has 0 unspecified atom stereocenters. The van der Waals surface area contributed by atoms with Crippen LogP contribution in [0.3, 0.4) is 0 Å². The Morgan fingerprint density at radius 3 is 2.82 bits per heavy atom. The fraction of sp³-hybridized carbons (Fsp3) is 0.125. The number of rotatable bonds is 3. The number of hydrogen-bond acceptors (Lipinski definition) is 4. The maximum atomic E-state index is 12.5. The zero-order chi connectivity index (χ0) is 12.6. The highest BCUT2D eigenvalue weighted by Gasteiger charge is 2.28. The molecular weight excluding hydrogens is 276 g/mol. The topological polar surface area (TPSA) is 79.2 Å². The molecule has 0 bridgehead atoms. The lowest BCUT2D eigenvalue weighted by Gasteiger charge is -1.93. The summed E-state index contributed by atoms with van der Waals surface area (Å²) in [7, 11) is 0. The molecule has 90 valence electrons. The average Bonchev–Trinajstić information content (AvgIpc) is 2.82. The van der Waals surface area contributed by atoms with Crippen molar-refractivity contribution in [1.29, 1.82) is 0 Å².